The Labute approximate surface area is 200 Å². The highest BCUT2D eigenvalue weighted by Crippen LogP contribution is 2.23. The predicted molar refractivity (Wildman–Crippen MR) is 129 cm³/mol. The van der Waals surface area contributed by atoms with E-state index in [9.17, 15) is 19.7 Å². The summed E-state index contributed by atoms with van der Waals surface area (Å²) in [5, 5.41) is 29.2. The molecule has 0 bridgehead atoms. The van der Waals surface area contributed by atoms with Crippen LogP contribution in [0.5, 0.6) is 0 Å². The maximum Gasteiger partial charge on any atom is 0.324 e. The molecule has 0 aliphatic rings. The Morgan fingerprint density at radius 2 is 1.29 bits per heavy atom. The normalized spacial score (nSPS) is 9.79. The maximum absolute atomic E-state index is 11.6. The van der Waals surface area contributed by atoms with Crippen molar-refractivity contribution in [3.05, 3.63) is 76.6 Å². The van der Waals surface area contributed by atoms with Crippen molar-refractivity contribution in [2.75, 3.05) is 21.3 Å². The van der Waals surface area contributed by atoms with Crippen molar-refractivity contribution in [2.45, 2.75) is 6.92 Å². The van der Waals surface area contributed by atoms with Gasteiger partial charge in [-0.2, -0.15) is 0 Å². The van der Waals surface area contributed by atoms with Crippen LogP contribution in [0, 0.1) is 17.0 Å². The lowest BCUT2D eigenvalue weighted by Gasteiger charge is -2.07. The highest BCUT2D eigenvalue weighted by Gasteiger charge is 2.15. The second-order valence-corrected chi connectivity index (χ2v) is 7.88. The van der Waals surface area contributed by atoms with Gasteiger partial charge in [-0.3, -0.25) is 20.7 Å². The fourth-order valence-electron chi connectivity index (χ4n) is 2.43. The molecule has 0 saturated heterocycles. The molecule has 0 radical (unpaired) electrons. The number of nitrogens with one attached hydrogen (secondary N) is 4. The number of nitro groups is 1. The third-order valence-electron chi connectivity index (χ3n) is 3.94. The lowest BCUT2D eigenvalue weighted by molar-refractivity contribution is -0.383. The molecule has 174 valence electrons. The predicted octanol–water partition coefficient (Wildman–Crippen LogP) is 4.58. The van der Waals surface area contributed by atoms with Crippen LogP contribution in [0.25, 0.3) is 0 Å². The summed E-state index contributed by atoms with van der Waals surface area (Å²) in [5.74, 6) is 0. The summed E-state index contributed by atoms with van der Waals surface area (Å²) in [7, 11) is 0. The summed E-state index contributed by atoms with van der Waals surface area (Å²) in [4.78, 5) is 33.3. The van der Waals surface area contributed by atoms with E-state index in [2.05, 4.69) is 40.4 Å². The first-order chi connectivity index (χ1) is 16.4. The van der Waals surface area contributed by atoms with Crippen LogP contribution in [-0.2, 0) is 0 Å². The fraction of sp³-hybridized carbons (Fsp3) is 0.0526. The Morgan fingerprint density at radius 3 is 1.79 bits per heavy atom. The van der Waals surface area contributed by atoms with Gasteiger partial charge >= 0.3 is 12.1 Å². The first-order valence-electron chi connectivity index (χ1n) is 9.42. The Balaban J connectivity index is 0.000000192. The van der Waals surface area contributed by atoms with E-state index in [1.807, 2.05) is 31.2 Å². The van der Waals surface area contributed by atoms with E-state index in [4.69, 9.17) is 0 Å². The minimum absolute atomic E-state index is 0.123. The smallest absolute Gasteiger partial charge is 0.307 e. The second-order valence-electron chi connectivity index (χ2n) is 6.31. The zero-order valence-corrected chi connectivity index (χ0v) is 19.1. The van der Waals surface area contributed by atoms with Crippen molar-refractivity contribution < 1.29 is 14.5 Å². The summed E-state index contributed by atoms with van der Waals surface area (Å²) in [6, 6.07) is 12.6. The molecule has 0 spiro atoms. The standard InChI is InChI=1S/C10H10N4OS.C9H7N5O3S/c1-7-4-2-3-5-8(7)12-10(15)13-9-6-11-14-16-9;15-9(12-8-5-10-13-18-8)11-6-3-1-2-4-7(6)14(16)17/h2-6H,1H3,(H2,12,13,15);1-5H,(H2,11,12,15). The molecule has 15 heteroatoms. The highest BCUT2D eigenvalue weighted by molar-refractivity contribution is 7.10. The van der Waals surface area contributed by atoms with Crippen LogP contribution in [0.4, 0.5) is 36.7 Å². The number of carbonyl (C=O) groups excluding carboxylic acids is 2. The largest absolute Gasteiger partial charge is 0.324 e. The number of para-hydroxylation sites is 3. The van der Waals surface area contributed by atoms with E-state index in [-0.39, 0.29) is 17.4 Å². The van der Waals surface area contributed by atoms with E-state index in [1.54, 1.807) is 6.07 Å². The van der Waals surface area contributed by atoms with Crippen LogP contribution in [0.2, 0.25) is 0 Å². The van der Waals surface area contributed by atoms with Gasteiger partial charge in [-0.15, -0.1) is 10.2 Å². The fourth-order valence-corrected chi connectivity index (χ4v) is 3.26. The molecule has 4 amide bonds. The number of carbonyl (C=O) groups is 2. The Bertz CT molecular complexity index is 1250. The number of aryl methyl sites for hydroxylation is 1. The molecule has 0 atom stereocenters. The number of hydrogen-bond donors (Lipinski definition) is 4. The van der Waals surface area contributed by atoms with Crippen LogP contribution >= 0.6 is 23.1 Å². The van der Waals surface area contributed by atoms with Crippen molar-refractivity contribution in [1.29, 1.82) is 0 Å². The number of benzene rings is 2. The lowest BCUT2D eigenvalue weighted by Crippen LogP contribution is -2.19. The molecule has 0 fully saturated rings. The minimum Gasteiger partial charge on any atom is -0.307 e. The van der Waals surface area contributed by atoms with Gasteiger partial charge in [-0.05, 0) is 24.6 Å². The average molecular weight is 500 g/mol. The summed E-state index contributed by atoms with van der Waals surface area (Å²) in [6.07, 6.45) is 2.88. The summed E-state index contributed by atoms with van der Waals surface area (Å²) in [6.45, 7) is 1.93. The molecule has 34 heavy (non-hydrogen) atoms. The second kappa shape index (κ2) is 11.9. The molecular weight excluding hydrogens is 482 g/mol. The number of nitro benzene ring substituents is 1. The van der Waals surface area contributed by atoms with Crippen LogP contribution in [-0.4, -0.2) is 36.2 Å². The molecule has 2 aromatic carbocycles. The Kier molecular flexibility index (Phi) is 8.48. The third-order valence-corrected chi connectivity index (χ3v) is 5.10. The molecule has 2 heterocycles. The van der Waals surface area contributed by atoms with Gasteiger partial charge < -0.3 is 10.6 Å². The van der Waals surface area contributed by atoms with Gasteiger partial charge in [0, 0.05) is 34.8 Å². The molecule has 0 aliphatic heterocycles. The Morgan fingerprint density at radius 1 is 0.794 bits per heavy atom. The van der Waals surface area contributed by atoms with Crippen LogP contribution in [0.3, 0.4) is 0 Å². The molecule has 4 N–H and O–H groups in total. The number of aromatic nitrogens is 4. The Hall–Kier alpha value is -4.50. The average Bonchev–Trinajstić information content (AvgIpc) is 3.50. The summed E-state index contributed by atoms with van der Waals surface area (Å²) < 4.78 is 7.22. The van der Waals surface area contributed by atoms with Gasteiger partial charge in [-0.1, -0.05) is 39.3 Å². The first-order valence-corrected chi connectivity index (χ1v) is 11.0. The van der Waals surface area contributed by atoms with Gasteiger partial charge in [0.25, 0.3) is 5.69 Å². The van der Waals surface area contributed by atoms with E-state index in [1.165, 1.54) is 30.6 Å². The van der Waals surface area contributed by atoms with Crippen LogP contribution < -0.4 is 21.3 Å². The van der Waals surface area contributed by atoms with E-state index in [0.29, 0.717) is 10.0 Å². The molecular formula is C19H17N9O4S2. The van der Waals surface area contributed by atoms with Crippen LogP contribution in [0.15, 0.2) is 60.9 Å². The minimum atomic E-state index is -0.588. The first kappa shape index (κ1) is 24.1. The molecule has 0 unspecified atom stereocenters. The zero-order valence-electron chi connectivity index (χ0n) is 17.5. The number of urea groups is 2. The molecule has 0 saturated carbocycles. The molecule has 4 rings (SSSR count). The number of nitrogens with zero attached hydrogens (tertiary/aromatic N) is 5. The highest BCUT2D eigenvalue weighted by atomic mass is 32.1. The van der Waals surface area contributed by atoms with Crippen molar-refractivity contribution in [2.24, 2.45) is 0 Å². The van der Waals surface area contributed by atoms with Gasteiger partial charge in [0.2, 0.25) is 0 Å². The van der Waals surface area contributed by atoms with E-state index in [0.717, 1.165) is 34.3 Å². The monoisotopic (exact) mass is 499 g/mol. The van der Waals surface area contributed by atoms with Gasteiger partial charge in [-0.25, -0.2) is 9.59 Å². The number of amides is 4. The van der Waals surface area contributed by atoms with Crippen LogP contribution in [0.1, 0.15) is 5.56 Å². The SMILES string of the molecule is Cc1ccccc1NC(=O)Nc1cnns1.O=C(Nc1cnns1)Nc1ccccc1[N+](=O)[O-]. The van der Waals surface area contributed by atoms with Crippen molar-refractivity contribution in [1.82, 2.24) is 19.2 Å². The van der Waals surface area contributed by atoms with Gasteiger partial charge in [0.1, 0.15) is 15.7 Å². The molecule has 0 aliphatic carbocycles. The molecule has 13 nitrogen and oxygen atoms in total. The number of anilines is 4. The summed E-state index contributed by atoms with van der Waals surface area (Å²) >= 11 is 2.14. The molecule has 4 aromatic rings. The van der Waals surface area contributed by atoms with Crippen molar-refractivity contribution in [3.63, 3.8) is 0 Å². The van der Waals surface area contributed by atoms with Gasteiger partial charge in [0.15, 0.2) is 0 Å². The number of hydrogen-bond acceptors (Lipinski definition) is 10. The third kappa shape index (κ3) is 7.28. The molecule has 2 aromatic heterocycles. The quantitative estimate of drug-likeness (QED) is 0.228. The lowest BCUT2D eigenvalue weighted by atomic mass is 10.2. The number of rotatable bonds is 5. The van der Waals surface area contributed by atoms with Gasteiger partial charge in [0.05, 0.1) is 17.3 Å². The van der Waals surface area contributed by atoms with E-state index >= 15 is 0 Å². The topological polar surface area (TPSA) is 177 Å². The maximum atomic E-state index is 11.6. The van der Waals surface area contributed by atoms with E-state index < -0.39 is 11.0 Å². The zero-order chi connectivity index (χ0) is 24.3. The van der Waals surface area contributed by atoms with Crippen molar-refractivity contribution in [3.8, 4) is 0 Å². The van der Waals surface area contributed by atoms with Crippen molar-refractivity contribution >= 4 is 62.2 Å². The summed E-state index contributed by atoms with van der Waals surface area (Å²) in [5.41, 5.74) is 1.75.